The monoisotopic (exact) mass is 294 g/mol. The molecule has 0 aliphatic rings. The molecule has 80 valence electrons. The van der Waals surface area contributed by atoms with Gasteiger partial charge in [-0.25, -0.2) is 4.98 Å². The Morgan fingerprint density at radius 3 is 2.88 bits per heavy atom. The van der Waals surface area contributed by atoms with Gasteiger partial charge in [-0.1, -0.05) is 11.3 Å². The fourth-order valence-electron chi connectivity index (χ4n) is 1.15. The molecule has 0 fully saturated rings. The number of nitriles is 1. The molecule has 4 nitrogen and oxygen atoms in total. The summed E-state index contributed by atoms with van der Waals surface area (Å²) in [4.78, 5) is 4.09. The maximum Gasteiger partial charge on any atom is 0.189 e. The Balaban J connectivity index is 2.26. The molecule has 1 heterocycles. The van der Waals surface area contributed by atoms with Gasteiger partial charge in [-0.05, 0) is 34.1 Å². The van der Waals surface area contributed by atoms with Crippen LogP contribution in [0.3, 0.4) is 0 Å². The Bertz CT molecular complexity index is 558. The maximum absolute atomic E-state index is 8.73. The van der Waals surface area contributed by atoms with Gasteiger partial charge in [0.2, 0.25) is 0 Å². The highest BCUT2D eigenvalue weighted by Crippen LogP contribution is 2.29. The van der Waals surface area contributed by atoms with Gasteiger partial charge in [-0.3, -0.25) is 0 Å². The summed E-state index contributed by atoms with van der Waals surface area (Å²) in [5.41, 5.74) is 7.04. The molecule has 0 saturated carbocycles. The molecular weight excluding hydrogens is 288 g/mol. The van der Waals surface area contributed by atoms with Crippen LogP contribution in [0, 0.1) is 11.3 Å². The minimum atomic E-state index is 0.607. The van der Waals surface area contributed by atoms with Gasteiger partial charge in [-0.15, -0.1) is 0 Å². The van der Waals surface area contributed by atoms with E-state index >= 15 is 0 Å². The van der Waals surface area contributed by atoms with E-state index in [0.717, 1.165) is 15.3 Å². The second-order valence-electron chi connectivity index (χ2n) is 3.00. The van der Waals surface area contributed by atoms with E-state index in [1.54, 1.807) is 18.3 Å². The topological polar surface area (TPSA) is 74.7 Å². The van der Waals surface area contributed by atoms with Gasteiger partial charge in [0.1, 0.15) is 5.00 Å². The molecule has 0 unspecified atom stereocenters. The van der Waals surface area contributed by atoms with E-state index in [2.05, 4.69) is 32.3 Å². The standard InChI is InChI=1S/C10H7BrN4S/c11-7-3-6(4-12)1-2-8(7)15-10-14-5-9(13)16-10/h1-3,5H,13H2,(H,14,15). The van der Waals surface area contributed by atoms with Gasteiger partial charge in [0, 0.05) is 4.47 Å². The van der Waals surface area contributed by atoms with E-state index < -0.39 is 0 Å². The number of nitrogens with one attached hydrogen (secondary N) is 1. The summed E-state index contributed by atoms with van der Waals surface area (Å²) in [5, 5.41) is 13.2. The molecule has 3 N–H and O–H groups in total. The highest BCUT2D eigenvalue weighted by Gasteiger charge is 2.04. The summed E-state index contributed by atoms with van der Waals surface area (Å²) in [6.45, 7) is 0. The van der Waals surface area contributed by atoms with E-state index in [1.165, 1.54) is 11.3 Å². The number of hydrogen-bond donors (Lipinski definition) is 2. The average Bonchev–Trinajstić information content (AvgIpc) is 2.67. The lowest BCUT2D eigenvalue weighted by Crippen LogP contribution is -1.90. The van der Waals surface area contributed by atoms with Crippen molar-refractivity contribution < 1.29 is 0 Å². The van der Waals surface area contributed by atoms with Crippen LogP contribution >= 0.6 is 27.3 Å². The number of rotatable bonds is 2. The van der Waals surface area contributed by atoms with Crippen molar-refractivity contribution in [2.24, 2.45) is 0 Å². The third kappa shape index (κ3) is 2.32. The molecule has 0 radical (unpaired) electrons. The zero-order valence-electron chi connectivity index (χ0n) is 8.07. The number of benzene rings is 1. The number of nitrogens with two attached hydrogens (primary N) is 1. The molecule has 0 atom stereocenters. The van der Waals surface area contributed by atoms with Crippen molar-refractivity contribution in [2.75, 3.05) is 11.1 Å². The van der Waals surface area contributed by atoms with Crippen LogP contribution in [0.25, 0.3) is 0 Å². The summed E-state index contributed by atoms with van der Waals surface area (Å²) in [7, 11) is 0. The van der Waals surface area contributed by atoms with Gasteiger partial charge in [0.15, 0.2) is 5.13 Å². The molecule has 0 saturated heterocycles. The molecule has 0 aliphatic heterocycles. The minimum Gasteiger partial charge on any atom is -0.389 e. The normalized spacial score (nSPS) is 9.75. The second kappa shape index (κ2) is 4.51. The molecule has 2 aromatic rings. The lowest BCUT2D eigenvalue weighted by atomic mass is 10.2. The lowest BCUT2D eigenvalue weighted by molar-refractivity contribution is 1.38. The van der Waals surface area contributed by atoms with Crippen LogP contribution in [-0.2, 0) is 0 Å². The van der Waals surface area contributed by atoms with Crippen LogP contribution in [-0.4, -0.2) is 4.98 Å². The molecule has 1 aromatic carbocycles. The van der Waals surface area contributed by atoms with Crippen molar-refractivity contribution in [1.29, 1.82) is 5.26 Å². The van der Waals surface area contributed by atoms with Crippen molar-refractivity contribution in [3.63, 3.8) is 0 Å². The zero-order valence-corrected chi connectivity index (χ0v) is 10.5. The van der Waals surface area contributed by atoms with E-state index in [1.807, 2.05) is 6.07 Å². The Kier molecular flexibility index (Phi) is 3.08. The predicted octanol–water partition coefficient (Wildman–Crippen LogP) is 3.10. The number of hydrogen-bond acceptors (Lipinski definition) is 5. The number of thiazole rings is 1. The van der Waals surface area contributed by atoms with Crippen molar-refractivity contribution in [2.45, 2.75) is 0 Å². The minimum absolute atomic E-state index is 0.607. The molecular formula is C10H7BrN4S. The fourth-order valence-corrected chi connectivity index (χ4v) is 2.22. The molecule has 6 heteroatoms. The van der Waals surface area contributed by atoms with Gasteiger partial charge < -0.3 is 11.1 Å². The molecule has 0 amide bonds. The molecule has 0 aliphatic carbocycles. The quantitative estimate of drug-likeness (QED) is 0.892. The number of anilines is 3. The highest BCUT2D eigenvalue weighted by atomic mass is 79.9. The fraction of sp³-hybridized carbons (Fsp3) is 0. The first-order valence-electron chi connectivity index (χ1n) is 4.37. The first kappa shape index (κ1) is 10.9. The molecule has 0 spiro atoms. The summed E-state index contributed by atoms with van der Waals surface area (Å²) in [5.74, 6) is 0. The molecule has 16 heavy (non-hydrogen) atoms. The third-order valence-electron chi connectivity index (χ3n) is 1.86. The van der Waals surface area contributed by atoms with E-state index in [9.17, 15) is 0 Å². The van der Waals surface area contributed by atoms with Gasteiger partial charge in [0.25, 0.3) is 0 Å². The summed E-state index contributed by atoms with van der Waals surface area (Å²) in [6.07, 6.45) is 1.60. The average molecular weight is 295 g/mol. The molecule has 0 bridgehead atoms. The third-order valence-corrected chi connectivity index (χ3v) is 3.26. The van der Waals surface area contributed by atoms with Crippen LogP contribution < -0.4 is 11.1 Å². The van der Waals surface area contributed by atoms with Crippen LogP contribution in [0.5, 0.6) is 0 Å². The van der Waals surface area contributed by atoms with Gasteiger partial charge in [-0.2, -0.15) is 5.26 Å². The Hall–Kier alpha value is -1.58. The summed E-state index contributed by atoms with van der Waals surface area (Å²) in [6, 6.07) is 7.38. The molecule has 1 aromatic heterocycles. The SMILES string of the molecule is N#Cc1ccc(Nc2ncc(N)s2)c(Br)c1. The van der Waals surface area contributed by atoms with Gasteiger partial charge >= 0.3 is 0 Å². The first-order chi connectivity index (χ1) is 7.69. The Morgan fingerprint density at radius 2 is 2.31 bits per heavy atom. The van der Waals surface area contributed by atoms with Crippen LogP contribution in [0.2, 0.25) is 0 Å². The molecule has 2 rings (SSSR count). The van der Waals surface area contributed by atoms with Crippen molar-refractivity contribution >= 4 is 43.1 Å². The zero-order chi connectivity index (χ0) is 11.5. The van der Waals surface area contributed by atoms with Crippen molar-refractivity contribution in [3.05, 3.63) is 34.4 Å². The summed E-state index contributed by atoms with van der Waals surface area (Å²) >= 11 is 4.76. The van der Waals surface area contributed by atoms with Crippen LogP contribution in [0.4, 0.5) is 15.8 Å². The predicted molar refractivity (Wildman–Crippen MR) is 68.7 cm³/mol. The second-order valence-corrected chi connectivity index (χ2v) is 4.92. The highest BCUT2D eigenvalue weighted by molar-refractivity contribution is 9.10. The lowest BCUT2D eigenvalue weighted by Gasteiger charge is -2.04. The maximum atomic E-state index is 8.73. The Labute approximate surface area is 105 Å². The van der Waals surface area contributed by atoms with E-state index in [0.29, 0.717) is 10.6 Å². The van der Waals surface area contributed by atoms with E-state index in [-0.39, 0.29) is 0 Å². The Morgan fingerprint density at radius 1 is 1.50 bits per heavy atom. The number of nitrogens with zero attached hydrogens (tertiary/aromatic N) is 2. The first-order valence-corrected chi connectivity index (χ1v) is 5.98. The summed E-state index contributed by atoms with van der Waals surface area (Å²) < 4.78 is 0.820. The number of halogens is 1. The van der Waals surface area contributed by atoms with Crippen molar-refractivity contribution in [3.8, 4) is 6.07 Å². The van der Waals surface area contributed by atoms with E-state index in [4.69, 9.17) is 11.0 Å². The van der Waals surface area contributed by atoms with Crippen molar-refractivity contribution in [1.82, 2.24) is 4.98 Å². The largest absolute Gasteiger partial charge is 0.389 e. The number of aromatic nitrogens is 1. The van der Waals surface area contributed by atoms with Crippen LogP contribution in [0.15, 0.2) is 28.9 Å². The smallest absolute Gasteiger partial charge is 0.189 e. The number of nitrogen functional groups attached to an aromatic ring is 1. The van der Waals surface area contributed by atoms with Gasteiger partial charge in [0.05, 0.1) is 23.5 Å². The van der Waals surface area contributed by atoms with Crippen LogP contribution in [0.1, 0.15) is 5.56 Å².